The molecule has 606 valence electrons. The zero-order chi connectivity index (χ0) is 81.5. The molecule has 6 atom stereocenters. The fourth-order valence-corrected chi connectivity index (χ4v) is 7.98. The third kappa shape index (κ3) is 51.9. The van der Waals surface area contributed by atoms with Crippen molar-refractivity contribution in [2.45, 2.75) is 201 Å². The van der Waals surface area contributed by atoms with E-state index in [1.807, 2.05) is 85.7 Å². The van der Waals surface area contributed by atoms with E-state index >= 15 is 0 Å². The predicted molar refractivity (Wildman–Crippen MR) is 393 cm³/mol. The second-order valence-corrected chi connectivity index (χ2v) is 26.5. The first kappa shape index (κ1) is 103. The van der Waals surface area contributed by atoms with E-state index < -0.39 is 54.0 Å². The number of carbonyl (C=O) groups is 13. The number of carbonyl (C=O) groups excluding carboxylic acids is 13. The first-order chi connectivity index (χ1) is 49.1. The van der Waals surface area contributed by atoms with Gasteiger partial charge in [-0.25, -0.2) is 19.2 Å². The van der Waals surface area contributed by atoms with E-state index in [9.17, 15) is 62.3 Å². The molecule has 6 N–H and O–H groups in total. The molecular weight excluding hydrogens is 1370 g/mol. The largest absolute Gasteiger partial charge is 0.469 e. The molecule has 0 unspecified atom stereocenters. The second kappa shape index (κ2) is 61.3. The molecule has 2 heterocycles. The van der Waals surface area contributed by atoms with Gasteiger partial charge in [0.15, 0.2) is 6.23 Å². The molecular formula is C74H131N7O24. The van der Waals surface area contributed by atoms with E-state index in [0.717, 1.165) is 18.4 Å². The Labute approximate surface area is 624 Å². The average molecular weight is 1500 g/mol. The molecule has 0 aliphatic carbocycles. The van der Waals surface area contributed by atoms with Gasteiger partial charge in [-0.1, -0.05) is 141 Å². The van der Waals surface area contributed by atoms with Gasteiger partial charge in [0.05, 0.1) is 107 Å². The SMILES string of the molecule is CC(=O)O[C@@H]1CCCN1C(=O)C(C)C.CC(C)C(=O)N1CCOCCOCCOCCOCC1.CC(C)C(=O)N[C@H](CO)C(C)C.CCOC(=O)[C@@H](C)NC(=O)C(C)C.COC(=O)C[C@H](NC(=O)C(C)C)C(=O)OC.COC(=O)[C@@H](C)NC(=O)C(C)C.COC(=O)[C@H](Cc1ccccc1)NC(=O)C(C)C. The molecule has 1 aromatic carbocycles. The van der Waals surface area contributed by atoms with Crippen molar-refractivity contribution < 1.29 is 115 Å². The van der Waals surface area contributed by atoms with Crippen LogP contribution in [0.3, 0.4) is 0 Å². The molecule has 1 aromatic rings. The molecule has 2 fully saturated rings. The van der Waals surface area contributed by atoms with Crippen molar-refractivity contribution in [3.05, 3.63) is 35.9 Å². The normalized spacial score (nSPS) is 15.3. The van der Waals surface area contributed by atoms with Crippen molar-refractivity contribution in [1.82, 2.24) is 36.4 Å². The predicted octanol–water partition coefficient (Wildman–Crippen LogP) is 4.92. The quantitative estimate of drug-likeness (QED) is 0.0591. The first-order valence-electron chi connectivity index (χ1n) is 35.9. The number of methoxy groups -OCH3 is 4. The molecule has 0 saturated carbocycles. The summed E-state index contributed by atoms with van der Waals surface area (Å²) < 4.78 is 49.5. The number of amides is 7. The molecule has 7 amide bonds. The van der Waals surface area contributed by atoms with E-state index in [0.29, 0.717) is 85.5 Å². The molecule has 2 saturated heterocycles. The number of aliphatic hydroxyl groups excluding tert-OH is 1. The maximum Gasteiger partial charge on any atom is 0.328 e. The summed E-state index contributed by atoms with van der Waals surface area (Å²) in [6.45, 7) is 42.1. The van der Waals surface area contributed by atoms with Crippen molar-refractivity contribution in [3.8, 4) is 0 Å². The first-order valence-corrected chi connectivity index (χ1v) is 35.9. The van der Waals surface area contributed by atoms with Crippen LogP contribution in [-0.4, -0.2) is 243 Å². The van der Waals surface area contributed by atoms with Crippen molar-refractivity contribution in [2.24, 2.45) is 47.3 Å². The fourth-order valence-electron chi connectivity index (χ4n) is 7.98. The van der Waals surface area contributed by atoms with Gasteiger partial charge in [-0.2, -0.15) is 0 Å². The summed E-state index contributed by atoms with van der Waals surface area (Å²) in [6.07, 6.45) is 1.55. The van der Waals surface area contributed by atoms with Crippen LogP contribution in [0.15, 0.2) is 30.3 Å². The summed E-state index contributed by atoms with van der Waals surface area (Å²) in [7, 11) is 5.01. The van der Waals surface area contributed by atoms with Crippen molar-refractivity contribution in [1.29, 1.82) is 0 Å². The van der Waals surface area contributed by atoms with Crippen LogP contribution in [0.25, 0.3) is 0 Å². The average Bonchev–Trinajstić information content (AvgIpc) is 1.75. The number of esters is 6. The maximum atomic E-state index is 12.1. The van der Waals surface area contributed by atoms with Crippen LogP contribution in [-0.2, 0) is 116 Å². The Morgan fingerprint density at radius 1 is 0.467 bits per heavy atom. The van der Waals surface area contributed by atoms with Crippen molar-refractivity contribution in [3.63, 3.8) is 0 Å². The number of nitrogens with zero attached hydrogens (tertiary/aromatic N) is 2. The lowest BCUT2D eigenvalue weighted by Gasteiger charge is -2.25. The molecule has 31 heteroatoms. The molecule has 2 aliphatic rings. The molecule has 31 nitrogen and oxygen atoms in total. The van der Waals surface area contributed by atoms with Gasteiger partial charge in [0.2, 0.25) is 41.4 Å². The molecule has 0 aromatic heterocycles. The van der Waals surface area contributed by atoms with E-state index in [4.69, 9.17) is 38.3 Å². The van der Waals surface area contributed by atoms with Crippen molar-refractivity contribution >= 4 is 77.2 Å². The number of rotatable bonds is 24. The highest BCUT2D eigenvalue weighted by atomic mass is 16.6. The van der Waals surface area contributed by atoms with Crippen LogP contribution in [0.5, 0.6) is 0 Å². The molecule has 0 spiro atoms. The number of likely N-dealkylation sites (tertiary alicyclic amines) is 1. The summed E-state index contributed by atoms with van der Waals surface area (Å²) in [5.74, 6) is -3.82. The number of nitrogens with one attached hydrogen (secondary N) is 5. The summed E-state index contributed by atoms with van der Waals surface area (Å²) >= 11 is 0. The summed E-state index contributed by atoms with van der Waals surface area (Å²) in [4.78, 5) is 150. The number of hydrogen-bond donors (Lipinski definition) is 6. The maximum absolute atomic E-state index is 12.1. The minimum Gasteiger partial charge on any atom is -0.469 e. The lowest BCUT2D eigenvalue weighted by molar-refractivity contribution is -0.160. The third-order valence-electron chi connectivity index (χ3n) is 14.6. The highest BCUT2D eigenvalue weighted by Crippen LogP contribution is 2.21. The Kier molecular flexibility index (Phi) is 60.4. The van der Waals surface area contributed by atoms with Gasteiger partial charge in [-0.15, -0.1) is 0 Å². The number of benzene rings is 1. The van der Waals surface area contributed by atoms with Gasteiger partial charge in [-0.3, -0.25) is 43.2 Å². The molecule has 105 heavy (non-hydrogen) atoms. The van der Waals surface area contributed by atoms with Gasteiger partial charge < -0.3 is 88.9 Å². The number of aliphatic hydroxyl groups is 1. The van der Waals surface area contributed by atoms with Crippen LogP contribution in [0.1, 0.15) is 163 Å². The Balaban J connectivity index is -0.000000571. The monoisotopic (exact) mass is 1500 g/mol. The number of hydrogen-bond acceptors (Lipinski definition) is 24. The van der Waals surface area contributed by atoms with Crippen LogP contribution >= 0.6 is 0 Å². The highest BCUT2D eigenvalue weighted by Gasteiger charge is 2.32. The van der Waals surface area contributed by atoms with E-state index in [2.05, 4.69) is 40.8 Å². The fraction of sp³-hybridized carbons (Fsp3) is 0.743. The summed E-state index contributed by atoms with van der Waals surface area (Å²) in [6, 6.07) is 6.67. The summed E-state index contributed by atoms with van der Waals surface area (Å²) in [5, 5.41) is 21.9. The Hall–Kier alpha value is -7.87. The topological polar surface area (TPSA) is 401 Å². The highest BCUT2D eigenvalue weighted by molar-refractivity contribution is 5.89. The lowest BCUT2D eigenvalue weighted by Crippen LogP contribution is -2.44. The molecule has 0 bridgehead atoms. The molecule has 0 radical (unpaired) electrons. The Bertz CT molecular complexity index is 2640. The minimum atomic E-state index is -0.993. The second-order valence-electron chi connectivity index (χ2n) is 26.5. The third-order valence-corrected chi connectivity index (χ3v) is 14.6. The standard InChI is InChI=1S/C14H27NO5.C14H19NO3.C10H17NO5.C10H17NO3.C9H17NO3.C9H19NO2.C8H15NO3/c1-13(2)14(16)15-3-5-17-7-9-19-11-12-20-10-8-18-6-4-15;1-10(2)13(16)15-12(14(17)18-3)9-11-7-5-4-6-8-11;1-6(2)9(13)11-7(10(14)16-4)5-8(12)15-3;1-7(2)10(13)11-6-4-5-9(11)14-8(3)12;1-5-13-9(12)7(4)10-8(11)6(2)3;1-6(2)8(5-11)10-9(12)7(3)4;1-5(2)7(10)9-6(3)8(11)12-4/h13H,3-12H2,1-2H3;4-8,10,12H,9H2,1-3H3,(H,15,16);6-7H,5H2,1-4H3,(H,11,13);7,9H,4-6H2,1-3H3;6-7H,5H2,1-4H3,(H,10,11);6-8,11H,5H2,1-4H3,(H,10,12);5-6H,1-4H3,(H,9,10)/t;12-;7-;9-;7-;8-;6-/m.001111/s1. The zero-order valence-corrected chi connectivity index (χ0v) is 67.2. The molecule has 2 aliphatic heterocycles. The van der Waals surface area contributed by atoms with E-state index in [1.54, 1.807) is 86.0 Å². The van der Waals surface area contributed by atoms with Gasteiger partial charge in [0.25, 0.3) is 0 Å². The van der Waals surface area contributed by atoms with Gasteiger partial charge in [0.1, 0.15) is 24.2 Å². The Morgan fingerprint density at radius 2 is 0.848 bits per heavy atom. The van der Waals surface area contributed by atoms with Gasteiger partial charge >= 0.3 is 35.8 Å². The minimum absolute atomic E-state index is 0.00255. The number of ether oxygens (including phenoxy) is 10. The molecule has 3 rings (SSSR count). The zero-order valence-electron chi connectivity index (χ0n) is 67.2. The van der Waals surface area contributed by atoms with Crippen LogP contribution in [0.4, 0.5) is 0 Å². The van der Waals surface area contributed by atoms with Crippen LogP contribution in [0.2, 0.25) is 0 Å². The summed E-state index contributed by atoms with van der Waals surface area (Å²) in [5.41, 5.74) is 0.983. The van der Waals surface area contributed by atoms with E-state index in [-0.39, 0.29) is 120 Å². The van der Waals surface area contributed by atoms with Crippen molar-refractivity contribution in [2.75, 3.05) is 114 Å². The smallest absolute Gasteiger partial charge is 0.328 e. The van der Waals surface area contributed by atoms with E-state index in [1.165, 1.54) is 35.4 Å². The van der Waals surface area contributed by atoms with Crippen LogP contribution < -0.4 is 26.6 Å². The van der Waals surface area contributed by atoms with Gasteiger partial charge in [0, 0.05) is 80.8 Å². The van der Waals surface area contributed by atoms with Gasteiger partial charge in [-0.05, 0) is 38.7 Å². The lowest BCUT2D eigenvalue weighted by atomic mass is 10.0. The Morgan fingerprint density at radius 3 is 1.21 bits per heavy atom. The van der Waals surface area contributed by atoms with Crippen LogP contribution in [0, 0.1) is 47.3 Å².